The number of hydrogen-bond acceptors (Lipinski definition) is 2. The van der Waals surface area contributed by atoms with Crippen molar-refractivity contribution in [3.8, 4) is 0 Å². The number of carbonyl (C=O) groups is 1. The number of hydrogen-bond donors (Lipinski definition) is 1. The summed E-state index contributed by atoms with van der Waals surface area (Å²) >= 11 is 6.10. The molecule has 1 aliphatic carbocycles. The molecule has 4 atom stereocenters. The highest BCUT2D eigenvalue weighted by Crippen LogP contribution is 2.50. The van der Waals surface area contributed by atoms with Crippen LogP contribution in [0.2, 0.25) is 5.02 Å². The van der Waals surface area contributed by atoms with Crippen LogP contribution in [0.3, 0.4) is 0 Å². The van der Waals surface area contributed by atoms with Crippen molar-refractivity contribution in [2.24, 2.45) is 5.92 Å². The van der Waals surface area contributed by atoms with Gasteiger partial charge in [-0.1, -0.05) is 35.9 Å². The van der Waals surface area contributed by atoms with Gasteiger partial charge in [0.1, 0.15) is 0 Å². The fourth-order valence-corrected chi connectivity index (χ4v) is 5.42. The van der Waals surface area contributed by atoms with Gasteiger partial charge in [0.15, 0.2) is 0 Å². The van der Waals surface area contributed by atoms with Gasteiger partial charge in [-0.15, -0.1) is 0 Å². The Morgan fingerprint density at radius 2 is 1.97 bits per heavy atom. The van der Waals surface area contributed by atoms with Crippen LogP contribution in [0, 0.1) is 5.92 Å². The second-order valence-corrected chi connectivity index (χ2v) is 9.11. The zero-order valence-corrected chi connectivity index (χ0v) is 17.5. The number of anilines is 1. The minimum absolute atomic E-state index is 0.179. The van der Waals surface area contributed by atoms with E-state index >= 15 is 0 Å². The average molecular weight is 407 g/mol. The van der Waals surface area contributed by atoms with Crippen LogP contribution in [0.4, 0.5) is 5.69 Å². The van der Waals surface area contributed by atoms with Gasteiger partial charge in [0.2, 0.25) is 0 Å². The predicted molar refractivity (Wildman–Crippen MR) is 119 cm³/mol. The lowest BCUT2D eigenvalue weighted by atomic mass is 9.76. The Kier molecular flexibility index (Phi) is 4.87. The molecule has 0 bridgehead atoms. The number of piperidine rings is 1. The third-order valence-corrected chi connectivity index (χ3v) is 7.15. The lowest BCUT2D eigenvalue weighted by Gasteiger charge is -2.38. The third-order valence-electron chi connectivity index (χ3n) is 6.90. The highest BCUT2D eigenvalue weighted by atomic mass is 35.5. The summed E-state index contributed by atoms with van der Waals surface area (Å²) in [5.74, 6) is 0.986. The summed E-state index contributed by atoms with van der Waals surface area (Å²) < 4.78 is 0. The van der Waals surface area contributed by atoms with Crippen molar-refractivity contribution in [1.82, 2.24) is 4.90 Å². The standard InChI is InChI=1S/C25H27ClN2O/c1-16-5-2-3-14-28(16)25(29)18-10-13-23-22(15-18)20-6-4-7-21(20)24(27-23)17-8-11-19(26)12-9-17/h4,6,8-13,15-16,20-21,24,27H,2-3,5,7,14H2,1H3/t16-,20+,21+,24+/m1/s1. The molecular formula is C25H27ClN2O. The van der Waals surface area contributed by atoms with Gasteiger partial charge in [-0.05, 0) is 80.0 Å². The quantitative estimate of drug-likeness (QED) is 0.604. The fourth-order valence-electron chi connectivity index (χ4n) is 5.29. The maximum atomic E-state index is 13.2. The van der Waals surface area contributed by atoms with E-state index in [2.05, 4.69) is 53.6 Å². The molecular weight excluding hydrogens is 380 g/mol. The van der Waals surface area contributed by atoms with E-state index in [-0.39, 0.29) is 11.9 Å². The summed E-state index contributed by atoms with van der Waals surface area (Å²) in [7, 11) is 0. The summed E-state index contributed by atoms with van der Waals surface area (Å²) in [5, 5.41) is 4.52. The van der Waals surface area contributed by atoms with Crippen molar-refractivity contribution in [1.29, 1.82) is 0 Å². The summed E-state index contributed by atoms with van der Waals surface area (Å²) in [4.78, 5) is 15.2. The molecule has 1 fully saturated rings. The number of fused-ring (bicyclic) bond motifs is 3. The van der Waals surface area contributed by atoms with Crippen LogP contribution < -0.4 is 5.32 Å². The van der Waals surface area contributed by atoms with Crippen LogP contribution >= 0.6 is 11.6 Å². The number of halogens is 1. The molecule has 1 saturated heterocycles. The molecule has 2 aromatic rings. The van der Waals surface area contributed by atoms with Crippen molar-refractivity contribution < 1.29 is 4.79 Å². The van der Waals surface area contributed by atoms with Crippen LogP contribution in [0.5, 0.6) is 0 Å². The van der Waals surface area contributed by atoms with Crippen LogP contribution in [0.25, 0.3) is 0 Å². The van der Waals surface area contributed by atoms with E-state index in [9.17, 15) is 4.79 Å². The molecule has 2 aliphatic heterocycles. The van der Waals surface area contributed by atoms with Crippen molar-refractivity contribution >= 4 is 23.2 Å². The molecule has 1 amide bonds. The smallest absolute Gasteiger partial charge is 0.254 e. The average Bonchev–Trinajstić information content (AvgIpc) is 3.24. The van der Waals surface area contributed by atoms with E-state index in [1.807, 2.05) is 18.2 Å². The Morgan fingerprint density at radius 3 is 2.76 bits per heavy atom. The maximum absolute atomic E-state index is 13.2. The van der Waals surface area contributed by atoms with Gasteiger partial charge in [-0.25, -0.2) is 0 Å². The third kappa shape index (κ3) is 3.36. The minimum Gasteiger partial charge on any atom is -0.378 e. The number of benzene rings is 2. The number of likely N-dealkylation sites (tertiary alicyclic amines) is 1. The molecule has 29 heavy (non-hydrogen) atoms. The molecule has 3 nitrogen and oxygen atoms in total. The van der Waals surface area contributed by atoms with Gasteiger partial charge in [-0.3, -0.25) is 4.79 Å². The summed E-state index contributed by atoms with van der Waals surface area (Å²) in [6, 6.07) is 15.0. The maximum Gasteiger partial charge on any atom is 0.254 e. The molecule has 0 unspecified atom stereocenters. The molecule has 0 spiro atoms. The van der Waals surface area contributed by atoms with E-state index in [1.165, 1.54) is 17.5 Å². The van der Waals surface area contributed by atoms with Crippen LogP contribution in [-0.2, 0) is 0 Å². The van der Waals surface area contributed by atoms with E-state index in [0.717, 1.165) is 42.1 Å². The van der Waals surface area contributed by atoms with Crippen molar-refractivity contribution in [2.45, 2.75) is 50.6 Å². The molecule has 1 N–H and O–H groups in total. The normalized spacial score (nSPS) is 27.9. The van der Waals surface area contributed by atoms with Crippen LogP contribution in [-0.4, -0.2) is 23.4 Å². The molecule has 2 aromatic carbocycles. The van der Waals surface area contributed by atoms with Crippen molar-refractivity contribution in [3.63, 3.8) is 0 Å². The van der Waals surface area contributed by atoms with Gasteiger partial charge in [-0.2, -0.15) is 0 Å². The van der Waals surface area contributed by atoms with E-state index in [0.29, 0.717) is 17.9 Å². The first-order valence-electron chi connectivity index (χ1n) is 10.8. The number of rotatable bonds is 2. The number of amides is 1. The first-order chi connectivity index (χ1) is 14.1. The molecule has 150 valence electrons. The van der Waals surface area contributed by atoms with E-state index < -0.39 is 0 Å². The Hall–Kier alpha value is -2.26. The molecule has 3 aliphatic rings. The lowest BCUT2D eigenvalue weighted by molar-refractivity contribution is 0.0635. The second-order valence-electron chi connectivity index (χ2n) is 8.67. The van der Waals surface area contributed by atoms with Gasteiger partial charge in [0.05, 0.1) is 6.04 Å². The highest BCUT2D eigenvalue weighted by molar-refractivity contribution is 6.30. The minimum atomic E-state index is 0.179. The summed E-state index contributed by atoms with van der Waals surface area (Å²) in [6.07, 6.45) is 9.10. The lowest BCUT2D eigenvalue weighted by Crippen LogP contribution is -2.42. The van der Waals surface area contributed by atoms with Crippen LogP contribution in [0.1, 0.15) is 66.1 Å². The first kappa shape index (κ1) is 18.7. The number of nitrogens with zero attached hydrogens (tertiary/aromatic N) is 1. The van der Waals surface area contributed by atoms with Crippen molar-refractivity contribution in [3.05, 3.63) is 76.3 Å². The molecule has 0 saturated carbocycles. The van der Waals surface area contributed by atoms with Crippen molar-refractivity contribution in [2.75, 3.05) is 11.9 Å². The Bertz CT molecular complexity index is 952. The Morgan fingerprint density at radius 1 is 1.14 bits per heavy atom. The highest BCUT2D eigenvalue weighted by Gasteiger charge is 2.38. The second kappa shape index (κ2) is 7.53. The van der Waals surface area contributed by atoms with Gasteiger partial charge >= 0.3 is 0 Å². The number of carbonyl (C=O) groups excluding carboxylic acids is 1. The van der Waals surface area contributed by atoms with E-state index in [4.69, 9.17) is 11.6 Å². The summed E-state index contributed by atoms with van der Waals surface area (Å²) in [5.41, 5.74) is 4.48. The summed E-state index contributed by atoms with van der Waals surface area (Å²) in [6.45, 7) is 3.05. The van der Waals surface area contributed by atoms with E-state index in [1.54, 1.807) is 0 Å². The largest absolute Gasteiger partial charge is 0.378 e. The predicted octanol–water partition coefficient (Wildman–Crippen LogP) is 6.18. The van der Waals surface area contributed by atoms with Gasteiger partial charge in [0.25, 0.3) is 5.91 Å². The molecule has 0 aromatic heterocycles. The molecule has 4 heteroatoms. The zero-order valence-electron chi connectivity index (χ0n) is 16.8. The fraction of sp³-hybridized carbons (Fsp3) is 0.400. The Labute approximate surface area is 177 Å². The van der Waals surface area contributed by atoms with Gasteiger partial charge in [0, 0.05) is 34.8 Å². The SMILES string of the molecule is C[C@@H]1CCCCN1C(=O)c1ccc2c(c1)[C@H]1C=CC[C@@H]1[C@H](c1ccc(Cl)cc1)N2. The number of allylic oxidation sites excluding steroid dienone is 2. The Balaban J connectivity index is 1.47. The molecule has 0 radical (unpaired) electrons. The first-order valence-corrected chi connectivity index (χ1v) is 11.1. The topological polar surface area (TPSA) is 32.3 Å². The van der Waals surface area contributed by atoms with Gasteiger partial charge < -0.3 is 10.2 Å². The van der Waals surface area contributed by atoms with Crippen LogP contribution in [0.15, 0.2) is 54.6 Å². The number of nitrogens with one attached hydrogen (secondary N) is 1. The molecule has 5 rings (SSSR count). The zero-order chi connectivity index (χ0) is 20.0. The monoisotopic (exact) mass is 406 g/mol. The molecule has 2 heterocycles.